The molecule has 0 radical (unpaired) electrons. The summed E-state index contributed by atoms with van der Waals surface area (Å²) in [7, 11) is 0. The number of hydrogen-bond donors (Lipinski definition) is 2. The normalized spacial score (nSPS) is 13.7. The van der Waals surface area contributed by atoms with E-state index < -0.39 is 0 Å². The molecule has 1 aliphatic heterocycles. The Balaban J connectivity index is 1.69. The van der Waals surface area contributed by atoms with Gasteiger partial charge in [0, 0.05) is 16.6 Å². The Morgan fingerprint density at radius 3 is 2.54 bits per heavy atom. The van der Waals surface area contributed by atoms with Gasteiger partial charge in [-0.25, -0.2) is 5.01 Å². The SMILES string of the molecule is CCOc1ccc(NC(=O)C2=CCC(=O)N(c3ccc(Br)cc3)N2)cc1. The first-order valence-electron chi connectivity index (χ1n) is 8.16. The molecule has 0 saturated heterocycles. The standard InChI is InChI=1S/C19H18BrN3O3/c1-2-26-16-9-5-14(6-10-16)21-19(25)17-11-12-18(24)23(22-17)15-7-3-13(20)4-8-15/h3-11,22H,2,12H2,1H3,(H,21,25). The van der Waals surface area contributed by atoms with Crippen molar-refractivity contribution in [3.63, 3.8) is 0 Å². The lowest BCUT2D eigenvalue weighted by Crippen LogP contribution is -2.47. The summed E-state index contributed by atoms with van der Waals surface area (Å²) in [6.45, 7) is 2.50. The van der Waals surface area contributed by atoms with Gasteiger partial charge in [0.1, 0.15) is 11.4 Å². The van der Waals surface area contributed by atoms with Crippen molar-refractivity contribution in [3.8, 4) is 5.75 Å². The van der Waals surface area contributed by atoms with Crippen LogP contribution in [0.3, 0.4) is 0 Å². The van der Waals surface area contributed by atoms with E-state index in [1.165, 1.54) is 5.01 Å². The van der Waals surface area contributed by atoms with Gasteiger partial charge in [0.2, 0.25) is 5.91 Å². The Hall–Kier alpha value is -2.80. The van der Waals surface area contributed by atoms with Crippen molar-refractivity contribution < 1.29 is 14.3 Å². The van der Waals surface area contributed by atoms with Gasteiger partial charge in [-0.05, 0) is 61.5 Å². The molecule has 0 spiro atoms. The van der Waals surface area contributed by atoms with Gasteiger partial charge in [-0.1, -0.05) is 15.9 Å². The number of halogens is 1. The highest BCUT2D eigenvalue weighted by atomic mass is 79.9. The van der Waals surface area contributed by atoms with Crippen molar-refractivity contribution in [2.45, 2.75) is 13.3 Å². The number of hydrazine groups is 1. The summed E-state index contributed by atoms with van der Waals surface area (Å²) in [5.74, 6) is 0.293. The van der Waals surface area contributed by atoms with Gasteiger partial charge in [0.05, 0.1) is 12.3 Å². The summed E-state index contributed by atoms with van der Waals surface area (Å²) in [4.78, 5) is 24.7. The van der Waals surface area contributed by atoms with Gasteiger partial charge in [0.25, 0.3) is 5.91 Å². The maximum Gasteiger partial charge on any atom is 0.273 e. The molecule has 1 heterocycles. The van der Waals surface area contributed by atoms with Crippen LogP contribution in [0.5, 0.6) is 5.75 Å². The Kier molecular flexibility index (Phi) is 5.58. The van der Waals surface area contributed by atoms with Crippen LogP contribution in [0.25, 0.3) is 0 Å². The van der Waals surface area contributed by atoms with Crippen LogP contribution in [-0.4, -0.2) is 18.4 Å². The van der Waals surface area contributed by atoms with Gasteiger partial charge in [-0.15, -0.1) is 0 Å². The summed E-state index contributed by atoms with van der Waals surface area (Å²) >= 11 is 3.36. The number of carbonyl (C=O) groups is 2. The zero-order chi connectivity index (χ0) is 18.5. The molecule has 134 valence electrons. The monoisotopic (exact) mass is 415 g/mol. The van der Waals surface area contributed by atoms with E-state index in [0.29, 0.717) is 23.7 Å². The van der Waals surface area contributed by atoms with E-state index in [1.807, 2.05) is 19.1 Å². The van der Waals surface area contributed by atoms with Crippen LogP contribution in [0.1, 0.15) is 13.3 Å². The molecular formula is C19H18BrN3O3. The van der Waals surface area contributed by atoms with E-state index in [1.54, 1.807) is 42.5 Å². The second-order valence-corrected chi connectivity index (χ2v) is 6.47. The second kappa shape index (κ2) is 8.05. The minimum atomic E-state index is -0.316. The Bertz CT molecular complexity index is 832. The number of hydrogen-bond acceptors (Lipinski definition) is 4. The molecule has 6 nitrogen and oxygen atoms in total. The van der Waals surface area contributed by atoms with E-state index in [4.69, 9.17) is 4.74 Å². The van der Waals surface area contributed by atoms with E-state index in [9.17, 15) is 9.59 Å². The molecule has 0 aromatic heterocycles. The molecule has 0 fully saturated rings. The first-order valence-corrected chi connectivity index (χ1v) is 8.95. The first kappa shape index (κ1) is 18.0. The fraction of sp³-hybridized carbons (Fsp3) is 0.158. The molecule has 3 rings (SSSR count). The maximum atomic E-state index is 12.5. The highest BCUT2D eigenvalue weighted by Gasteiger charge is 2.24. The zero-order valence-electron chi connectivity index (χ0n) is 14.2. The number of nitrogens with zero attached hydrogens (tertiary/aromatic N) is 1. The van der Waals surface area contributed by atoms with Gasteiger partial charge >= 0.3 is 0 Å². The fourth-order valence-electron chi connectivity index (χ4n) is 2.45. The minimum Gasteiger partial charge on any atom is -0.494 e. The molecule has 2 amide bonds. The van der Waals surface area contributed by atoms with E-state index in [-0.39, 0.29) is 18.2 Å². The molecule has 0 bridgehead atoms. The van der Waals surface area contributed by atoms with Crippen LogP contribution < -0.4 is 20.5 Å². The van der Waals surface area contributed by atoms with Crippen LogP contribution >= 0.6 is 15.9 Å². The molecular weight excluding hydrogens is 398 g/mol. The van der Waals surface area contributed by atoms with Crippen LogP contribution in [0, 0.1) is 0 Å². The largest absolute Gasteiger partial charge is 0.494 e. The van der Waals surface area contributed by atoms with Gasteiger partial charge in [0.15, 0.2) is 0 Å². The number of amides is 2. The zero-order valence-corrected chi connectivity index (χ0v) is 15.7. The predicted octanol–water partition coefficient (Wildman–Crippen LogP) is 3.61. The maximum absolute atomic E-state index is 12.5. The third kappa shape index (κ3) is 4.23. The highest BCUT2D eigenvalue weighted by Crippen LogP contribution is 2.21. The molecule has 2 aromatic carbocycles. The summed E-state index contributed by atoms with van der Waals surface area (Å²) in [5, 5.41) is 4.18. The Morgan fingerprint density at radius 1 is 1.19 bits per heavy atom. The van der Waals surface area contributed by atoms with E-state index in [0.717, 1.165) is 10.2 Å². The number of nitrogens with one attached hydrogen (secondary N) is 2. The number of rotatable bonds is 5. The van der Waals surface area contributed by atoms with E-state index in [2.05, 4.69) is 26.7 Å². The fourth-order valence-corrected chi connectivity index (χ4v) is 2.72. The van der Waals surface area contributed by atoms with Crippen molar-refractivity contribution in [2.75, 3.05) is 16.9 Å². The molecule has 7 heteroatoms. The highest BCUT2D eigenvalue weighted by molar-refractivity contribution is 9.10. The van der Waals surface area contributed by atoms with E-state index >= 15 is 0 Å². The number of carbonyl (C=O) groups excluding carboxylic acids is 2. The number of benzene rings is 2. The average Bonchev–Trinajstić information content (AvgIpc) is 2.65. The quantitative estimate of drug-likeness (QED) is 0.782. The second-order valence-electron chi connectivity index (χ2n) is 5.55. The van der Waals surface area contributed by atoms with Gasteiger partial charge < -0.3 is 10.1 Å². The number of anilines is 2. The lowest BCUT2D eigenvalue weighted by molar-refractivity contribution is -0.119. The Labute approximate surface area is 159 Å². The lowest BCUT2D eigenvalue weighted by atomic mass is 10.2. The lowest BCUT2D eigenvalue weighted by Gasteiger charge is -2.28. The molecule has 26 heavy (non-hydrogen) atoms. The molecule has 0 saturated carbocycles. The van der Waals surface area contributed by atoms with Crippen molar-refractivity contribution in [3.05, 3.63) is 64.8 Å². The van der Waals surface area contributed by atoms with Crippen LogP contribution in [0.2, 0.25) is 0 Å². The van der Waals surface area contributed by atoms with Crippen molar-refractivity contribution in [1.82, 2.24) is 5.43 Å². The van der Waals surface area contributed by atoms with Crippen LogP contribution in [-0.2, 0) is 9.59 Å². The predicted molar refractivity (Wildman–Crippen MR) is 104 cm³/mol. The topological polar surface area (TPSA) is 70.7 Å². The van der Waals surface area contributed by atoms with Gasteiger partial charge in [-0.3, -0.25) is 15.0 Å². The smallest absolute Gasteiger partial charge is 0.273 e. The minimum absolute atomic E-state index is 0.134. The Morgan fingerprint density at radius 2 is 1.88 bits per heavy atom. The summed E-state index contributed by atoms with van der Waals surface area (Å²) < 4.78 is 6.29. The molecule has 2 N–H and O–H groups in total. The first-order chi connectivity index (χ1) is 12.6. The summed E-state index contributed by atoms with van der Waals surface area (Å²) in [5.41, 5.74) is 4.52. The molecule has 0 atom stereocenters. The third-order valence-electron chi connectivity index (χ3n) is 3.72. The van der Waals surface area contributed by atoms with Crippen LogP contribution in [0.15, 0.2) is 64.8 Å². The molecule has 0 aliphatic carbocycles. The third-order valence-corrected chi connectivity index (χ3v) is 4.24. The van der Waals surface area contributed by atoms with Crippen LogP contribution in [0.4, 0.5) is 11.4 Å². The van der Waals surface area contributed by atoms with Crippen molar-refractivity contribution >= 4 is 39.1 Å². The average molecular weight is 416 g/mol. The molecule has 2 aromatic rings. The van der Waals surface area contributed by atoms with Crippen molar-refractivity contribution in [1.29, 1.82) is 0 Å². The van der Waals surface area contributed by atoms with Crippen molar-refractivity contribution in [2.24, 2.45) is 0 Å². The van der Waals surface area contributed by atoms with Gasteiger partial charge in [-0.2, -0.15) is 0 Å². The molecule has 1 aliphatic rings. The molecule has 0 unspecified atom stereocenters. The number of ether oxygens (including phenoxy) is 1. The summed E-state index contributed by atoms with van der Waals surface area (Å²) in [6, 6.07) is 14.4. The summed E-state index contributed by atoms with van der Waals surface area (Å²) in [6.07, 6.45) is 1.73.